The second kappa shape index (κ2) is 17.4. The molecule has 1 heterocycles. The van der Waals surface area contributed by atoms with E-state index in [1.54, 1.807) is 37.4 Å². The minimum absolute atomic E-state index is 0.176. The van der Waals surface area contributed by atoms with Gasteiger partial charge in [-0.2, -0.15) is 0 Å². The average Bonchev–Trinajstić information content (AvgIpc) is 2.95. The number of hydrogen-bond donors (Lipinski definition) is 3. The zero-order chi connectivity index (χ0) is 28.5. The van der Waals surface area contributed by atoms with Crippen LogP contribution in [0.25, 0.3) is 0 Å². The molecular formula is C31H40N4O4. The Kier molecular flexibility index (Phi) is 13.8. The summed E-state index contributed by atoms with van der Waals surface area (Å²) >= 11 is 0. The van der Waals surface area contributed by atoms with Crippen molar-refractivity contribution in [2.24, 2.45) is 0 Å². The topological polar surface area (TPSA) is 104 Å². The molecule has 0 fully saturated rings. The first-order valence-electron chi connectivity index (χ1n) is 13.2. The highest BCUT2D eigenvalue weighted by Crippen LogP contribution is 2.15. The Balaban J connectivity index is 0.000000976. The van der Waals surface area contributed by atoms with Gasteiger partial charge in [-0.25, -0.2) is 9.78 Å². The van der Waals surface area contributed by atoms with Gasteiger partial charge in [0.25, 0.3) is 0 Å². The third-order valence-electron chi connectivity index (χ3n) is 5.70. The number of nitrogens with zero attached hydrogens (tertiary/aromatic N) is 2. The van der Waals surface area contributed by atoms with Crippen LogP contribution < -0.4 is 20.3 Å². The Bertz CT molecular complexity index is 1150. The highest BCUT2D eigenvalue weighted by Gasteiger charge is 2.18. The first kappa shape index (κ1) is 31.1. The van der Waals surface area contributed by atoms with Gasteiger partial charge in [0.05, 0.1) is 6.54 Å². The monoisotopic (exact) mass is 532 g/mol. The standard InChI is InChI=1S/C27H29N3O4.C4H11N/c1-20(18-25(31)22-8-4-3-5-9-22)29-24(27(32)33)19-21-11-13-23(14-12-21)34-17-16-30(2)26-10-6-7-15-28-26;1-3-5-4-2/h3-15,18,24,29H,16-17,19H2,1-2H3,(H,32,33);5H,3-4H2,1-2H3/t24-;/m1./s1. The van der Waals surface area contributed by atoms with Crippen molar-refractivity contribution in [2.45, 2.75) is 33.2 Å². The SMILES string of the molecule is CC(=CC(=O)c1ccccc1)N[C@H](Cc1ccc(OCCN(C)c2ccccn2)cc1)C(=O)O.CCNCC. The van der Waals surface area contributed by atoms with Crippen LogP contribution in [-0.4, -0.2) is 61.2 Å². The number of carbonyl (C=O) groups excluding carboxylic acids is 1. The fraction of sp³-hybridized carbons (Fsp3) is 0.323. The lowest BCUT2D eigenvalue weighted by atomic mass is 10.1. The predicted molar refractivity (Wildman–Crippen MR) is 156 cm³/mol. The molecule has 8 nitrogen and oxygen atoms in total. The van der Waals surface area contributed by atoms with Crippen molar-refractivity contribution in [3.63, 3.8) is 0 Å². The summed E-state index contributed by atoms with van der Waals surface area (Å²) in [4.78, 5) is 30.4. The van der Waals surface area contributed by atoms with Crippen LogP contribution >= 0.6 is 0 Å². The second-order valence-corrected chi connectivity index (χ2v) is 8.86. The maximum Gasteiger partial charge on any atom is 0.326 e. The van der Waals surface area contributed by atoms with Crippen LogP contribution in [0.4, 0.5) is 5.82 Å². The molecule has 3 aromatic rings. The van der Waals surface area contributed by atoms with Crippen LogP contribution in [0, 0.1) is 0 Å². The van der Waals surface area contributed by atoms with Crippen molar-refractivity contribution in [1.82, 2.24) is 15.6 Å². The van der Waals surface area contributed by atoms with E-state index in [4.69, 9.17) is 4.74 Å². The molecule has 1 atom stereocenters. The van der Waals surface area contributed by atoms with Crippen LogP contribution in [-0.2, 0) is 11.2 Å². The summed E-state index contributed by atoms with van der Waals surface area (Å²) in [6.07, 6.45) is 3.44. The van der Waals surface area contributed by atoms with Crippen LogP contribution in [0.3, 0.4) is 0 Å². The summed E-state index contributed by atoms with van der Waals surface area (Å²) in [5.74, 6) is 0.425. The van der Waals surface area contributed by atoms with E-state index in [9.17, 15) is 14.7 Å². The number of anilines is 1. The number of benzene rings is 2. The number of aromatic nitrogens is 1. The number of pyridine rings is 1. The van der Waals surface area contributed by atoms with Gasteiger partial charge < -0.3 is 25.4 Å². The molecule has 208 valence electrons. The predicted octanol–water partition coefficient (Wildman–Crippen LogP) is 4.58. The number of carbonyl (C=O) groups is 2. The molecular weight excluding hydrogens is 492 g/mol. The Morgan fingerprint density at radius 3 is 2.23 bits per heavy atom. The maximum absolute atomic E-state index is 12.3. The van der Waals surface area contributed by atoms with E-state index in [0.29, 0.717) is 30.2 Å². The van der Waals surface area contributed by atoms with E-state index >= 15 is 0 Å². The van der Waals surface area contributed by atoms with Gasteiger partial charge in [-0.05, 0) is 49.8 Å². The molecule has 0 aliphatic heterocycles. The van der Waals surface area contributed by atoms with Crippen molar-refractivity contribution < 1.29 is 19.4 Å². The quantitative estimate of drug-likeness (QED) is 0.205. The van der Waals surface area contributed by atoms with E-state index in [1.165, 1.54) is 6.08 Å². The summed E-state index contributed by atoms with van der Waals surface area (Å²) in [6, 6.07) is 21.1. The number of ether oxygens (including phenoxy) is 1. The third-order valence-corrected chi connectivity index (χ3v) is 5.70. The van der Waals surface area contributed by atoms with Crippen molar-refractivity contribution in [3.8, 4) is 5.75 Å². The Labute approximate surface area is 231 Å². The van der Waals surface area contributed by atoms with Crippen molar-refractivity contribution in [3.05, 3.63) is 102 Å². The normalized spacial score (nSPS) is 11.5. The van der Waals surface area contributed by atoms with Crippen LogP contribution in [0.5, 0.6) is 5.75 Å². The summed E-state index contributed by atoms with van der Waals surface area (Å²) in [6.45, 7) is 9.25. The molecule has 1 aromatic heterocycles. The van der Waals surface area contributed by atoms with Crippen molar-refractivity contribution in [1.29, 1.82) is 0 Å². The number of allylic oxidation sites excluding steroid dienone is 2. The van der Waals surface area contributed by atoms with Gasteiger partial charge in [0.15, 0.2) is 5.78 Å². The first-order valence-corrected chi connectivity index (χ1v) is 13.2. The molecule has 2 aromatic carbocycles. The van der Waals surface area contributed by atoms with Gasteiger partial charge in [-0.15, -0.1) is 0 Å². The lowest BCUT2D eigenvalue weighted by Crippen LogP contribution is -2.37. The lowest BCUT2D eigenvalue weighted by Gasteiger charge is -2.18. The average molecular weight is 533 g/mol. The van der Waals surface area contributed by atoms with Crippen molar-refractivity contribution >= 4 is 17.6 Å². The van der Waals surface area contributed by atoms with Crippen LogP contribution in [0.15, 0.2) is 90.8 Å². The highest BCUT2D eigenvalue weighted by atomic mass is 16.5. The molecule has 0 bridgehead atoms. The van der Waals surface area contributed by atoms with E-state index in [1.807, 2.05) is 60.5 Å². The summed E-state index contributed by atoms with van der Waals surface area (Å²) in [5, 5.41) is 15.7. The summed E-state index contributed by atoms with van der Waals surface area (Å²) in [7, 11) is 1.96. The van der Waals surface area contributed by atoms with E-state index in [-0.39, 0.29) is 12.2 Å². The number of rotatable bonds is 14. The minimum atomic E-state index is -0.988. The van der Waals surface area contributed by atoms with Crippen LogP contribution in [0.2, 0.25) is 0 Å². The van der Waals surface area contributed by atoms with E-state index < -0.39 is 12.0 Å². The lowest BCUT2D eigenvalue weighted by molar-refractivity contribution is -0.139. The molecule has 8 heteroatoms. The number of hydrogen-bond acceptors (Lipinski definition) is 7. The molecule has 0 aliphatic carbocycles. The number of carboxylic acid groups (broad SMARTS) is 1. The fourth-order valence-electron chi connectivity index (χ4n) is 3.60. The maximum atomic E-state index is 12.3. The molecule has 0 saturated heterocycles. The number of likely N-dealkylation sites (N-methyl/N-ethyl adjacent to an activating group) is 1. The smallest absolute Gasteiger partial charge is 0.326 e. The van der Waals surface area contributed by atoms with Gasteiger partial charge >= 0.3 is 5.97 Å². The minimum Gasteiger partial charge on any atom is -0.492 e. The molecule has 3 N–H and O–H groups in total. The number of ketones is 1. The van der Waals surface area contributed by atoms with Gasteiger partial charge in [0, 0.05) is 37.0 Å². The Hall–Kier alpha value is -4.17. The molecule has 0 saturated carbocycles. The second-order valence-electron chi connectivity index (χ2n) is 8.86. The van der Waals surface area contributed by atoms with E-state index in [2.05, 4.69) is 29.5 Å². The van der Waals surface area contributed by atoms with Gasteiger partial charge in [-0.1, -0.05) is 62.4 Å². The molecule has 0 aliphatic rings. The zero-order valence-electron chi connectivity index (χ0n) is 23.3. The zero-order valence-corrected chi connectivity index (χ0v) is 23.3. The van der Waals surface area contributed by atoms with Crippen molar-refractivity contribution in [2.75, 3.05) is 38.2 Å². The first-order chi connectivity index (χ1) is 18.8. The molecule has 3 rings (SSSR count). The molecule has 39 heavy (non-hydrogen) atoms. The molecule has 0 radical (unpaired) electrons. The Morgan fingerprint density at radius 2 is 1.67 bits per heavy atom. The highest BCUT2D eigenvalue weighted by molar-refractivity contribution is 6.04. The van der Waals surface area contributed by atoms with Crippen LogP contribution in [0.1, 0.15) is 36.7 Å². The summed E-state index contributed by atoms with van der Waals surface area (Å²) < 4.78 is 5.81. The van der Waals surface area contributed by atoms with Gasteiger partial charge in [0.2, 0.25) is 0 Å². The van der Waals surface area contributed by atoms with Gasteiger partial charge in [0.1, 0.15) is 24.2 Å². The molecule has 0 amide bonds. The third kappa shape index (κ3) is 11.8. The van der Waals surface area contributed by atoms with Gasteiger partial charge in [-0.3, -0.25) is 4.79 Å². The van der Waals surface area contributed by atoms with E-state index in [0.717, 1.165) is 24.5 Å². The number of nitrogens with one attached hydrogen (secondary N) is 2. The Morgan fingerprint density at radius 1 is 1.00 bits per heavy atom. The number of carboxylic acids is 1. The molecule has 0 spiro atoms. The summed E-state index contributed by atoms with van der Waals surface area (Å²) in [5.41, 5.74) is 1.90. The molecule has 0 unspecified atom stereocenters. The number of aliphatic carboxylic acids is 1. The fourth-order valence-corrected chi connectivity index (χ4v) is 3.60. The largest absolute Gasteiger partial charge is 0.492 e.